The molecule has 2 rings (SSSR count). The topological polar surface area (TPSA) is 25.8 Å². The van der Waals surface area contributed by atoms with Gasteiger partial charge < -0.3 is 0 Å². The van der Waals surface area contributed by atoms with Crippen molar-refractivity contribution >= 4 is 22.9 Å². The summed E-state index contributed by atoms with van der Waals surface area (Å²) in [7, 11) is 0. The number of hydrogen-bond acceptors (Lipinski definition) is 3. The molecule has 0 aliphatic carbocycles. The fourth-order valence-corrected chi connectivity index (χ4v) is 3.26. The minimum absolute atomic E-state index is 0.0592. The van der Waals surface area contributed by atoms with E-state index in [1.807, 2.05) is 32.0 Å². The van der Waals surface area contributed by atoms with Gasteiger partial charge in [0.15, 0.2) is 0 Å². The highest BCUT2D eigenvalue weighted by molar-refractivity contribution is 7.12. The first-order valence-electron chi connectivity index (χ1n) is 5.58. The Bertz CT molecular complexity index is 495. The monoisotopic (exact) mass is 266 g/mol. The first-order chi connectivity index (χ1) is 8.09. The SMILES string of the molecule is Cc1nc(C)c(C(Cl)C(C)c2ccccn2)s1. The molecule has 0 bridgehead atoms. The fourth-order valence-electron chi connectivity index (χ4n) is 1.83. The van der Waals surface area contributed by atoms with Crippen molar-refractivity contribution in [2.45, 2.75) is 32.1 Å². The zero-order valence-electron chi connectivity index (χ0n) is 10.1. The van der Waals surface area contributed by atoms with Gasteiger partial charge in [-0.1, -0.05) is 13.0 Å². The van der Waals surface area contributed by atoms with Crippen LogP contribution in [0, 0.1) is 13.8 Å². The summed E-state index contributed by atoms with van der Waals surface area (Å²) in [6, 6.07) is 5.93. The summed E-state index contributed by atoms with van der Waals surface area (Å²) in [5.41, 5.74) is 2.06. The molecule has 0 N–H and O–H groups in total. The van der Waals surface area contributed by atoms with Crippen LogP contribution in [0.4, 0.5) is 0 Å². The van der Waals surface area contributed by atoms with Crippen molar-refractivity contribution in [3.63, 3.8) is 0 Å². The Labute approximate surface area is 111 Å². The van der Waals surface area contributed by atoms with Gasteiger partial charge in [-0.05, 0) is 26.0 Å². The molecule has 2 aromatic rings. The molecule has 2 unspecified atom stereocenters. The zero-order chi connectivity index (χ0) is 12.4. The van der Waals surface area contributed by atoms with E-state index in [1.165, 1.54) is 0 Å². The van der Waals surface area contributed by atoms with Gasteiger partial charge in [-0.3, -0.25) is 4.98 Å². The molecule has 0 spiro atoms. The molecule has 0 saturated heterocycles. The molecule has 0 radical (unpaired) electrons. The Hall–Kier alpha value is -0.930. The highest BCUT2D eigenvalue weighted by atomic mass is 35.5. The lowest BCUT2D eigenvalue weighted by atomic mass is 10.0. The minimum atomic E-state index is -0.0592. The molecule has 0 aliphatic heterocycles. The van der Waals surface area contributed by atoms with Gasteiger partial charge in [0.2, 0.25) is 0 Å². The van der Waals surface area contributed by atoms with Crippen LogP contribution < -0.4 is 0 Å². The van der Waals surface area contributed by atoms with E-state index in [-0.39, 0.29) is 11.3 Å². The Balaban J connectivity index is 2.26. The molecule has 2 aromatic heterocycles. The lowest BCUT2D eigenvalue weighted by Crippen LogP contribution is -2.04. The van der Waals surface area contributed by atoms with Crippen molar-refractivity contribution in [3.05, 3.63) is 45.7 Å². The van der Waals surface area contributed by atoms with Crippen molar-refractivity contribution in [3.8, 4) is 0 Å². The number of rotatable bonds is 3. The van der Waals surface area contributed by atoms with E-state index < -0.39 is 0 Å². The molecule has 0 amide bonds. The zero-order valence-corrected chi connectivity index (χ0v) is 11.7. The van der Waals surface area contributed by atoms with Crippen LogP contribution in [0.2, 0.25) is 0 Å². The second-order valence-electron chi connectivity index (χ2n) is 4.13. The molecule has 2 heterocycles. The maximum atomic E-state index is 6.54. The van der Waals surface area contributed by atoms with Gasteiger partial charge in [-0.15, -0.1) is 22.9 Å². The van der Waals surface area contributed by atoms with E-state index in [9.17, 15) is 0 Å². The van der Waals surface area contributed by atoms with Crippen LogP contribution in [0.1, 0.15) is 39.5 Å². The molecule has 2 atom stereocenters. The van der Waals surface area contributed by atoms with E-state index in [2.05, 4.69) is 16.9 Å². The van der Waals surface area contributed by atoms with Crippen LogP contribution in [0.25, 0.3) is 0 Å². The van der Waals surface area contributed by atoms with Crippen molar-refractivity contribution in [1.29, 1.82) is 0 Å². The molecule has 90 valence electrons. The molecule has 4 heteroatoms. The van der Waals surface area contributed by atoms with E-state index in [4.69, 9.17) is 11.6 Å². The number of halogens is 1. The van der Waals surface area contributed by atoms with Gasteiger partial charge >= 0.3 is 0 Å². The average Bonchev–Trinajstić information content (AvgIpc) is 2.68. The summed E-state index contributed by atoms with van der Waals surface area (Å²) in [5, 5.41) is 1.01. The quantitative estimate of drug-likeness (QED) is 0.777. The second-order valence-corrected chi connectivity index (χ2v) is 5.83. The summed E-state index contributed by atoms with van der Waals surface area (Å²) in [4.78, 5) is 9.94. The average molecular weight is 267 g/mol. The van der Waals surface area contributed by atoms with E-state index in [0.29, 0.717) is 0 Å². The number of aromatic nitrogens is 2. The van der Waals surface area contributed by atoms with Crippen LogP contribution in [-0.2, 0) is 0 Å². The highest BCUT2D eigenvalue weighted by Gasteiger charge is 2.23. The number of hydrogen-bond donors (Lipinski definition) is 0. The van der Waals surface area contributed by atoms with Crippen molar-refractivity contribution in [2.75, 3.05) is 0 Å². The Kier molecular flexibility index (Phi) is 3.79. The van der Waals surface area contributed by atoms with Crippen LogP contribution in [0.5, 0.6) is 0 Å². The van der Waals surface area contributed by atoms with Gasteiger partial charge in [0.1, 0.15) is 0 Å². The van der Waals surface area contributed by atoms with Crippen LogP contribution in [0.3, 0.4) is 0 Å². The number of alkyl halides is 1. The number of aryl methyl sites for hydroxylation is 2. The van der Waals surface area contributed by atoms with Crippen molar-refractivity contribution < 1.29 is 0 Å². The van der Waals surface area contributed by atoms with E-state index in [1.54, 1.807) is 17.5 Å². The summed E-state index contributed by atoms with van der Waals surface area (Å²) >= 11 is 8.21. The third kappa shape index (κ3) is 2.67. The fraction of sp³-hybridized carbons (Fsp3) is 0.385. The summed E-state index contributed by atoms with van der Waals surface area (Å²) in [6.45, 7) is 6.13. The number of thiazole rings is 1. The lowest BCUT2D eigenvalue weighted by Gasteiger charge is -2.16. The minimum Gasteiger partial charge on any atom is -0.261 e. The Morgan fingerprint density at radius 3 is 2.59 bits per heavy atom. The van der Waals surface area contributed by atoms with E-state index >= 15 is 0 Å². The number of pyridine rings is 1. The largest absolute Gasteiger partial charge is 0.261 e. The Morgan fingerprint density at radius 1 is 1.29 bits per heavy atom. The highest BCUT2D eigenvalue weighted by Crippen LogP contribution is 2.39. The lowest BCUT2D eigenvalue weighted by molar-refractivity contribution is 0.710. The van der Waals surface area contributed by atoms with E-state index in [0.717, 1.165) is 21.3 Å². The molecule has 0 fully saturated rings. The smallest absolute Gasteiger partial charge is 0.0900 e. The van der Waals surface area contributed by atoms with Gasteiger partial charge in [0.25, 0.3) is 0 Å². The Morgan fingerprint density at radius 2 is 2.06 bits per heavy atom. The van der Waals surface area contributed by atoms with Gasteiger partial charge in [-0.25, -0.2) is 4.98 Å². The van der Waals surface area contributed by atoms with Crippen LogP contribution in [-0.4, -0.2) is 9.97 Å². The maximum absolute atomic E-state index is 6.54. The summed E-state index contributed by atoms with van der Waals surface area (Å²) in [5.74, 6) is 0.191. The molecule has 2 nitrogen and oxygen atoms in total. The molecule has 0 saturated carbocycles. The van der Waals surface area contributed by atoms with Gasteiger partial charge in [0, 0.05) is 22.7 Å². The first kappa shape index (κ1) is 12.5. The first-order valence-corrected chi connectivity index (χ1v) is 6.84. The molecular weight excluding hydrogens is 252 g/mol. The summed E-state index contributed by atoms with van der Waals surface area (Å²) < 4.78 is 0. The van der Waals surface area contributed by atoms with Gasteiger partial charge in [-0.2, -0.15) is 0 Å². The normalized spacial score (nSPS) is 14.6. The third-order valence-corrected chi connectivity index (χ3v) is 4.66. The summed E-state index contributed by atoms with van der Waals surface area (Å²) in [6.07, 6.45) is 1.81. The molecular formula is C13H15ClN2S. The van der Waals surface area contributed by atoms with Crippen molar-refractivity contribution in [1.82, 2.24) is 9.97 Å². The molecule has 17 heavy (non-hydrogen) atoms. The predicted molar refractivity (Wildman–Crippen MR) is 72.8 cm³/mol. The van der Waals surface area contributed by atoms with Crippen LogP contribution in [0.15, 0.2) is 24.4 Å². The van der Waals surface area contributed by atoms with Crippen LogP contribution >= 0.6 is 22.9 Å². The third-order valence-electron chi connectivity index (χ3n) is 2.78. The maximum Gasteiger partial charge on any atom is 0.0900 e. The van der Waals surface area contributed by atoms with Gasteiger partial charge in [0.05, 0.1) is 16.1 Å². The predicted octanol–water partition coefficient (Wildman–Crippen LogP) is 4.24. The molecule has 0 aliphatic rings. The van der Waals surface area contributed by atoms with Crippen molar-refractivity contribution in [2.24, 2.45) is 0 Å². The molecule has 0 aromatic carbocycles. The second kappa shape index (κ2) is 5.15. The number of nitrogens with zero attached hydrogens (tertiary/aromatic N) is 2. The standard InChI is InChI=1S/C13H15ClN2S/c1-8(11-6-4-5-7-15-11)12(14)13-9(2)16-10(3)17-13/h4-8,12H,1-3H3.